The molecule has 0 radical (unpaired) electrons. The summed E-state index contributed by atoms with van der Waals surface area (Å²) in [5, 5.41) is 0. The van der Waals surface area contributed by atoms with Crippen molar-refractivity contribution in [1.29, 1.82) is 0 Å². The largest absolute Gasteiger partial charge is 0.460 e. The zero-order valence-electron chi connectivity index (χ0n) is 17.4. The van der Waals surface area contributed by atoms with E-state index in [1.807, 2.05) is 0 Å². The molecule has 0 aliphatic heterocycles. The van der Waals surface area contributed by atoms with Crippen LogP contribution in [0.4, 0.5) is 0 Å². The van der Waals surface area contributed by atoms with Crippen molar-refractivity contribution in [2.24, 2.45) is 5.73 Å². The van der Waals surface area contributed by atoms with Crippen LogP contribution in [0.2, 0.25) is 0 Å². The Morgan fingerprint density at radius 3 is 1.79 bits per heavy atom. The van der Waals surface area contributed by atoms with Crippen LogP contribution in [0.25, 0.3) is 0 Å². The molecular weight excluding hydrogens is 386 g/mol. The maximum atomic E-state index is 12.8. The molecule has 8 nitrogen and oxygen atoms in total. The molecule has 1 aromatic rings. The monoisotopic (exact) mass is 415 g/mol. The smallest absolute Gasteiger partial charge is 0.331 e. The van der Waals surface area contributed by atoms with Crippen LogP contribution in [0.5, 0.6) is 5.75 Å². The molecule has 0 spiro atoms. The Morgan fingerprint density at radius 1 is 0.929 bits per heavy atom. The minimum Gasteiger partial charge on any atom is -0.460 e. The number of hydrogen-bond acceptors (Lipinski definition) is 8. The molecule has 158 valence electrons. The SMILES string of the molecule is CC(C)(C)OC(=O)CC(N)(C(=O)OC(C)(C)C)c1ccc(OS(C)(=O)=O)cc1. The molecule has 1 rings (SSSR count). The molecule has 9 heteroatoms. The van der Waals surface area contributed by atoms with Crippen molar-refractivity contribution >= 4 is 22.1 Å². The lowest BCUT2D eigenvalue weighted by molar-refractivity contribution is -0.169. The van der Waals surface area contributed by atoms with Gasteiger partial charge in [-0.15, -0.1) is 0 Å². The van der Waals surface area contributed by atoms with Crippen molar-refractivity contribution in [2.45, 2.75) is 64.7 Å². The van der Waals surface area contributed by atoms with Gasteiger partial charge in [-0.3, -0.25) is 4.79 Å². The van der Waals surface area contributed by atoms with Gasteiger partial charge in [0.05, 0.1) is 12.7 Å². The Bertz CT molecular complexity index is 817. The lowest BCUT2D eigenvalue weighted by Gasteiger charge is -2.32. The Balaban J connectivity index is 3.26. The van der Waals surface area contributed by atoms with E-state index >= 15 is 0 Å². The van der Waals surface area contributed by atoms with E-state index in [0.717, 1.165) is 6.26 Å². The summed E-state index contributed by atoms with van der Waals surface area (Å²) in [5.41, 5.74) is 3.20. The number of hydrogen-bond donors (Lipinski definition) is 1. The number of esters is 2. The summed E-state index contributed by atoms with van der Waals surface area (Å²) in [6, 6.07) is 5.51. The van der Waals surface area contributed by atoms with Crippen LogP contribution in [0.3, 0.4) is 0 Å². The van der Waals surface area contributed by atoms with E-state index in [0.29, 0.717) is 0 Å². The first-order valence-electron chi connectivity index (χ1n) is 8.65. The van der Waals surface area contributed by atoms with Gasteiger partial charge in [-0.05, 0) is 59.2 Å². The maximum absolute atomic E-state index is 12.8. The maximum Gasteiger partial charge on any atom is 0.331 e. The van der Waals surface area contributed by atoms with Gasteiger partial charge in [0.25, 0.3) is 0 Å². The molecule has 0 fully saturated rings. The average Bonchev–Trinajstić information content (AvgIpc) is 2.41. The van der Waals surface area contributed by atoms with Crippen molar-refractivity contribution in [2.75, 3.05) is 6.26 Å². The third-order valence-electron chi connectivity index (χ3n) is 3.22. The molecule has 0 saturated carbocycles. The van der Waals surface area contributed by atoms with Crippen LogP contribution in [0.1, 0.15) is 53.5 Å². The molecule has 0 heterocycles. The van der Waals surface area contributed by atoms with Gasteiger partial charge < -0.3 is 19.4 Å². The van der Waals surface area contributed by atoms with Gasteiger partial charge in [-0.2, -0.15) is 8.42 Å². The molecule has 2 N–H and O–H groups in total. The van der Waals surface area contributed by atoms with Crippen LogP contribution < -0.4 is 9.92 Å². The van der Waals surface area contributed by atoms with Gasteiger partial charge in [0.15, 0.2) is 5.54 Å². The van der Waals surface area contributed by atoms with Crippen molar-refractivity contribution in [1.82, 2.24) is 0 Å². The molecule has 0 amide bonds. The number of rotatable bonds is 6. The lowest BCUT2D eigenvalue weighted by Crippen LogP contribution is -2.50. The van der Waals surface area contributed by atoms with Crippen LogP contribution in [0.15, 0.2) is 24.3 Å². The van der Waals surface area contributed by atoms with E-state index in [1.165, 1.54) is 24.3 Å². The number of carbonyl (C=O) groups excluding carboxylic acids is 2. The first kappa shape index (κ1) is 23.9. The van der Waals surface area contributed by atoms with Crippen LogP contribution >= 0.6 is 0 Å². The fraction of sp³-hybridized carbons (Fsp3) is 0.579. The van der Waals surface area contributed by atoms with E-state index in [4.69, 9.17) is 19.4 Å². The normalized spacial score (nSPS) is 14.7. The Labute approximate surface area is 166 Å². The van der Waals surface area contributed by atoms with Crippen LogP contribution in [-0.4, -0.2) is 37.8 Å². The summed E-state index contributed by atoms with van der Waals surface area (Å²) in [5.74, 6) is -1.42. The summed E-state index contributed by atoms with van der Waals surface area (Å²) in [4.78, 5) is 25.2. The van der Waals surface area contributed by atoms with E-state index in [9.17, 15) is 18.0 Å². The highest BCUT2D eigenvalue weighted by Crippen LogP contribution is 2.29. The second kappa shape index (κ2) is 8.08. The minimum absolute atomic E-state index is 0.0510. The number of carbonyl (C=O) groups is 2. The standard InChI is InChI=1S/C19H29NO7S/c1-17(2,3)25-15(21)12-19(20,16(22)26-18(4,5)6)13-8-10-14(11-9-13)27-28(7,23)24/h8-11H,12,20H2,1-7H3. The summed E-state index contributed by atoms with van der Waals surface area (Å²) in [6.07, 6.45) is 0.461. The molecular formula is C19H29NO7S. The molecule has 0 aliphatic rings. The predicted octanol–water partition coefficient (Wildman–Crippen LogP) is 2.25. The van der Waals surface area contributed by atoms with E-state index in [2.05, 4.69) is 0 Å². The summed E-state index contributed by atoms with van der Waals surface area (Å²) in [7, 11) is -3.70. The minimum atomic E-state index is -3.70. The highest BCUT2D eigenvalue weighted by atomic mass is 32.2. The molecule has 28 heavy (non-hydrogen) atoms. The lowest BCUT2D eigenvalue weighted by atomic mass is 9.87. The van der Waals surface area contributed by atoms with E-state index < -0.39 is 45.2 Å². The fourth-order valence-electron chi connectivity index (χ4n) is 2.25. The van der Waals surface area contributed by atoms with E-state index in [1.54, 1.807) is 41.5 Å². The molecule has 1 atom stereocenters. The summed E-state index contributed by atoms with van der Waals surface area (Å²) in [6.45, 7) is 10.2. The van der Waals surface area contributed by atoms with Gasteiger partial charge in [0.2, 0.25) is 0 Å². The Kier molecular flexibility index (Phi) is 6.90. The van der Waals surface area contributed by atoms with Crippen LogP contribution in [-0.2, 0) is 34.7 Å². The third kappa shape index (κ3) is 7.85. The summed E-state index contributed by atoms with van der Waals surface area (Å²) < 4.78 is 38.0. The van der Waals surface area contributed by atoms with Gasteiger partial charge in [-0.25, -0.2) is 4.79 Å². The quantitative estimate of drug-likeness (QED) is 0.554. The molecule has 0 aliphatic carbocycles. The van der Waals surface area contributed by atoms with Gasteiger partial charge in [-0.1, -0.05) is 12.1 Å². The number of nitrogens with two attached hydrogens (primary N) is 1. The van der Waals surface area contributed by atoms with Crippen molar-refractivity contribution in [3.8, 4) is 5.75 Å². The van der Waals surface area contributed by atoms with Crippen molar-refractivity contribution < 1.29 is 31.7 Å². The second-order valence-corrected chi connectivity index (χ2v) is 10.1. The third-order valence-corrected chi connectivity index (χ3v) is 3.72. The highest BCUT2D eigenvalue weighted by molar-refractivity contribution is 7.86. The molecule has 1 aromatic carbocycles. The first-order chi connectivity index (χ1) is 12.4. The molecule has 1 unspecified atom stereocenters. The van der Waals surface area contributed by atoms with Gasteiger partial charge >= 0.3 is 22.1 Å². The first-order valence-corrected chi connectivity index (χ1v) is 10.5. The second-order valence-electron chi connectivity index (χ2n) is 8.55. The zero-order valence-corrected chi connectivity index (χ0v) is 18.2. The van der Waals surface area contributed by atoms with Crippen molar-refractivity contribution in [3.63, 3.8) is 0 Å². The molecule has 0 saturated heterocycles. The van der Waals surface area contributed by atoms with Crippen LogP contribution in [0, 0.1) is 0 Å². The van der Waals surface area contributed by atoms with E-state index in [-0.39, 0.29) is 11.3 Å². The fourth-order valence-corrected chi connectivity index (χ4v) is 2.71. The highest BCUT2D eigenvalue weighted by Gasteiger charge is 2.43. The van der Waals surface area contributed by atoms with Crippen molar-refractivity contribution in [3.05, 3.63) is 29.8 Å². The summed E-state index contributed by atoms with van der Waals surface area (Å²) >= 11 is 0. The molecule has 0 bridgehead atoms. The Hall–Kier alpha value is -2.13. The van der Waals surface area contributed by atoms with Gasteiger partial charge in [0, 0.05) is 0 Å². The Morgan fingerprint density at radius 2 is 1.39 bits per heavy atom. The average molecular weight is 416 g/mol. The zero-order chi connectivity index (χ0) is 22.0. The number of benzene rings is 1. The number of ether oxygens (including phenoxy) is 2. The van der Waals surface area contributed by atoms with Gasteiger partial charge in [0.1, 0.15) is 17.0 Å². The molecule has 0 aromatic heterocycles. The topological polar surface area (TPSA) is 122 Å². The predicted molar refractivity (Wildman–Crippen MR) is 104 cm³/mol.